The molecule has 4 rings (SSSR count). The van der Waals surface area contributed by atoms with Crippen molar-refractivity contribution in [1.29, 1.82) is 0 Å². The summed E-state index contributed by atoms with van der Waals surface area (Å²) in [7, 11) is 3.91. The third-order valence-electron chi connectivity index (χ3n) is 7.27. The van der Waals surface area contributed by atoms with Gasteiger partial charge in [-0.1, -0.05) is 30.3 Å². The first-order chi connectivity index (χ1) is 18.6. The molecular weight excluding hydrogens is 518 g/mol. The minimum Gasteiger partial charge on any atom is -0.494 e. The number of aliphatic hydroxyl groups is 1. The van der Waals surface area contributed by atoms with Crippen molar-refractivity contribution in [2.75, 3.05) is 32.2 Å². The fourth-order valence-corrected chi connectivity index (χ4v) is 5.20. The molecule has 210 valence electrons. The third kappa shape index (κ3) is 5.60. The molecule has 1 aliphatic heterocycles. The Balaban J connectivity index is 1.77. The molecule has 0 saturated carbocycles. The number of rotatable bonds is 9. The van der Waals surface area contributed by atoms with Gasteiger partial charge in [0.2, 0.25) is 0 Å². The fraction of sp³-hybridized carbons (Fsp3) is 0.393. The lowest BCUT2D eigenvalue weighted by molar-refractivity contribution is -0.0657. The first-order valence-corrected chi connectivity index (χ1v) is 12.4. The Hall–Kier alpha value is -3.57. The number of hydrogen-bond acceptors (Lipinski definition) is 6. The van der Waals surface area contributed by atoms with E-state index in [1.54, 1.807) is 4.90 Å². The lowest BCUT2D eigenvalue weighted by atomic mass is 9.83. The van der Waals surface area contributed by atoms with Crippen molar-refractivity contribution in [2.24, 2.45) is 7.05 Å². The van der Waals surface area contributed by atoms with Crippen molar-refractivity contribution in [2.45, 2.75) is 37.5 Å². The molecule has 0 radical (unpaired) electrons. The number of benzene rings is 2. The predicted molar refractivity (Wildman–Crippen MR) is 138 cm³/mol. The Labute approximate surface area is 223 Å². The first kappa shape index (κ1) is 28.4. The molecule has 11 heteroatoms. The molecule has 2 atom stereocenters. The number of ether oxygens (including phenoxy) is 2. The van der Waals surface area contributed by atoms with Gasteiger partial charge in [-0.25, -0.2) is 22.4 Å². The summed E-state index contributed by atoms with van der Waals surface area (Å²) in [4.78, 5) is 14.6. The zero-order valence-corrected chi connectivity index (χ0v) is 21.9. The summed E-state index contributed by atoms with van der Waals surface area (Å²) in [6.07, 6.45) is -4.34. The van der Waals surface area contributed by atoms with E-state index in [0.29, 0.717) is 18.7 Å². The van der Waals surface area contributed by atoms with Crippen molar-refractivity contribution < 1.29 is 36.9 Å². The van der Waals surface area contributed by atoms with Gasteiger partial charge in [0.05, 0.1) is 31.1 Å². The highest BCUT2D eigenvalue weighted by molar-refractivity contribution is 5.96. The lowest BCUT2D eigenvalue weighted by Gasteiger charge is -2.46. The van der Waals surface area contributed by atoms with E-state index < -0.39 is 35.7 Å². The molecule has 0 amide bonds. The van der Waals surface area contributed by atoms with E-state index in [9.17, 15) is 23.1 Å². The second kappa shape index (κ2) is 11.7. The summed E-state index contributed by atoms with van der Waals surface area (Å²) in [5.74, 6) is -2.58. The number of nitrogens with one attached hydrogen (secondary N) is 1. The minimum absolute atomic E-state index is 0.0357. The van der Waals surface area contributed by atoms with Gasteiger partial charge in [-0.05, 0) is 30.5 Å². The van der Waals surface area contributed by atoms with Gasteiger partial charge in [-0.15, -0.1) is 0 Å². The maximum Gasteiger partial charge on any atom is 0.356 e. The molecule has 1 saturated heterocycles. The number of anilines is 1. The highest BCUT2D eigenvalue weighted by Crippen LogP contribution is 2.38. The number of piperidine rings is 1. The summed E-state index contributed by atoms with van der Waals surface area (Å²) < 4.78 is 68.6. The molecule has 7 nitrogen and oxygen atoms in total. The number of halogens is 4. The van der Waals surface area contributed by atoms with Crippen LogP contribution in [0.15, 0.2) is 48.5 Å². The number of carbonyl (C=O) groups is 1. The Bertz CT molecular complexity index is 1320. The van der Waals surface area contributed by atoms with Crippen molar-refractivity contribution in [3.05, 3.63) is 71.4 Å². The third-order valence-corrected chi connectivity index (χ3v) is 7.27. The van der Waals surface area contributed by atoms with E-state index in [4.69, 9.17) is 9.47 Å². The molecule has 3 aromatic rings. The number of esters is 1. The van der Waals surface area contributed by atoms with Crippen LogP contribution in [0.2, 0.25) is 0 Å². The van der Waals surface area contributed by atoms with Crippen LogP contribution in [0, 0.1) is 11.6 Å². The summed E-state index contributed by atoms with van der Waals surface area (Å²) in [5, 5.41) is 13.8. The molecular formula is C28H31F4N3O4. The maximum absolute atomic E-state index is 15.0. The van der Waals surface area contributed by atoms with Crippen LogP contribution in [0.5, 0.6) is 5.75 Å². The highest BCUT2D eigenvalue weighted by atomic mass is 19.3. The first-order valence-electron chi connectivity index (χ1n) is 12.4. The van der Waals surface area contributed by atoms with Crippen LogP contribution in [-0.2, 0) is 18.3 Å². The number of hydrogen-bond donors (Lipinski definition) is 2. The molecule has 1 fully saturated rings. The van der Waals surface area contributed by atoms with Gasteiger partial charge in [0.15, 0.2) is 17.3 Å². The van der Waals surface area contributed by atoms with Crippen LogP contribution in [-0.4, -0.2) is 61.0 Å². The zero-order chi connectivity index (χ0) is 28.3. The van der Waals surface area contributed by atoms with Crippen LogP contribution in [0.3, 0.4) is 0 Å². The predicted octanol–water partition coefficient (Wildman–Crippen LogP) is 4.52. The van der Waals surface area contributed by atoms with E-state index in [0.717, 1.165) is 17.7 Å². The van der Waals surface area contributed by atoms with Crippen molar-refractivity contribution in [3.63, 3.8) is 0 Å². The SMILES string of the molecule is COC(=O)c1c(N2CCC[C@](NCc3ccccc3)([C@H](O)C(F)F)C2)cc(-c2cc(F)c(OC)cc2F)n1C. The van der Waals surface area contributed by atoms with Crippen molar-refractivity contribution in [1.82, 2.24) is 9.88 Å². The van der Waals surface area contributed by atoms with Gasteiger partial charge in [0.1, 0.15) is 11.9 Å². The van der Waals surface area contributed by atoms with E-state index in [1.807, 2.05) is 30.3 Å². The van der Waals surface area contributed by atoms with Gasteiger partial charge in [-0.3, -0.25) is 0 Å². The van der Waals surface area contributed by atoms with E-state index >= 15 is 4.39 Å². The van der Waals surface area contributed by atoms with E-state index in [1.165, 1.54) is 31.9 Å². The highest BCUT2D eigenvalue weighted by Gasteiger charge is 2.46. The average Bonchev–Trinajstić information content (AvgIpc) is 3.29. The molecule has 0 bridgehead atoms. The zero-order valence-electron chi connectivity index (χ0n) is 21.9. The van der Waals surface area contributed by atoms with Gasteiger partial charge in [0, 0.05) is 38.3 Å². The number of carbonyl (C=O) groups excluding carboxylic acids is 1. The molecule has 0 aliphatic carbocycles. The Morgan fingerprint density at radius 1 is 1.13 bits per heavy atom. The molecule has 2 N–H and O–H groups in total. The Morgan fingerprint density at radius 2 is 1.85 bits per heavy atom. The van der Waals surface area contributed by atoms with Crippen molar-refractivity contribution in [3.8, 4) is 17.0 Å². The normalized spacial score (nSPS) is 18.3. The van der Waals surface area contributed by atoms with Crippen molar-refractivity contribution >= 4 is 11.7 Å². The van der Waals surface area contributed by atoms with Gasteiger partial charge in [0.25, 0.3) is 6.43 Å². The smallest absolute Gasteiger partial charge is 0.356 e. The maximum atomic E-state index is 15.0. The summed E-state index contributed by atoms with van der Waals surface area (Å²) in [6.45, 7) is 0.536. The second-order valence-corrected chi connectivity index (χ2v) is 9.58. The van der Waals surface area contributed by atoms with Crippen LogP contribution in [0.1, 0.15) is 28.9 Å². The summed E-state index contributed by atoms with van der Waals surface area (Å²) in [5.41, 5.74) is -0.179. The summed E-state index contributed by atoms with van der Waals surface area (Å²) in [6, 6.07) is 12.6. The quantitative estimate of drug-likeness (QED) is 0.302. The van der Waals surface area contributed by atoms with Gasteiger partial charge >= 0.3 is 5.97 Å². The van der Waals surface area contributed by atoms with Crippen LogP contribution in [0.4, 0.5) is 23.2 Å². The number of aromatic nitrogens is 1. The minimum atomic E-state index is -3.02. The monoisotopic (exact) mass is 549 g/mol. The van der Waals surface area contributed by atoms with Crippen LogP contribution < -0.4 is 15.0 Å². The van der Waals surface area contributed by atoms with Crippen LogP contribution >= 0.6 is 0 Å². The van der Waals surface area contributed by atoms with E-state index in [2.05, 4.69) is 5.32 Å². The molecule has 39 heavy (non-hydrogen) atoms. The number of alkyl halides is 2. The fourth-order valence-electron chi connectivity index (χ4n) is 5.20. The second-order valence-electron chi connectivity index (χ2n) is 9.58. The lowest BCUT2D eigenvalue weighted by Crippen LogP contribution is -2.65. The number of aliphatic hydroxyl groups excluding tert-OH is 1. The Kier molecular flexibility index (Phi) is 8.51. The molecule has 1 aromatic heterocycles. The average molecular weight is 550 g/mol. The molecule has 1 aliphatic rings. The standard InChI is InChI=1S/C28H31F4N3O4/c1-34-21(18-12-20(30)23(38-2)13-19(18)29)14-22(24(34)27(37)39-3)35-11-7-10-28(16-35,25(36)26(31)32)33-15-17-8-5-4-6-9-17/h4-6,8-9,12-14,25-26,33,36H,7,10-11,15-16H2,1-3H3/t25-,28-/m1/s1. The van der Waals surface area contributed by atoms with Crippen LogP contribution in [0.25, 0.3) is 11.3 Å². The number of nitrogens with zero attached hydrogens (tertiary/aromatic N) is 2. The van der Waals surface area contributed by atoms with Gasteiger partial charge < -0.3 is 29.4 Å². The largest absolute Gasteiger partial charge is 0.494 e. The van der Waals surface area contributed by atoms with Gasteiger partial charge in [-0.2, -0.15) is 0 Å². The molecule has 2 heterocycles. The molecule has 0 unspecified atom stereocenters. The summed E-state index contributed by atoms with van der Waals surface area (Å²) >= 11 is 0. The topological polar surface area (TPSA) is 76.0 Å². The molecule has 2 aromatic carbocycles. The number of methoxy groups -OCH3 is 2. The Morgan fingerprint density at radius 3 is 2.49 bits per heavy atom. The van der Waals surface area contributed by atoms with E-state index in [-0.39, 0.29) is 42.2 Å². The molecule has 0 spiro atoms.